The van der Waals surface area contributed by atoms with Crippen molar-refractivity contribution in [2.45, 2.75) is 25.7 Å². The zero-order valence-electron chi connectivity index (χ0n) is 11.0. The van der Waals surface area contributed by atoms with Gasteiger partial charge in [0.15, 0.2) is 0 Å². The Labute approximate surface area is 112 Å². The number of H-pyrrole nitrogens is 1. The molecule has 4 N–H and O–H groups in total. The summed E-state index contributed by atoms with van der Waals surface area (Å²) in [6.45, 7) is 5.48. The number of hydrogen-bond donors (Lipinski definition) is 3. The van der Waals surface area contributed by atoms with Gasteiger partial charge in [-0.1, -0.05) is 0 Å². The molecule has 2 rings (SSSR count). The van der Waals surface area contributed by atoms with Gasteiger partial charge in [0.25, 0.3) is 10.0 Å². The van der Waals surface area contributed by atoms with E-state index in [2.05, 4.69) is 14.9 Å². The van der Waals surface area contributed by atoms with Gasteiger partial charge in [-0.25, -0.2) is 8.42 Å². The number of hydrogen-bond acceptors (Lipinski definition) is 4. The lowest BCUT2D eigenvalue weighted by Crippen LogP contribution is -2.16. The van der Waals surface area contributed by atoms with Gasteiger partial charge in [-0.3, -0.25) is 9.82 Å². The summed E-state index contributed by atoms with van der Waals surface area (Å²) in [5.41, 5.74) is 8.57. The Morgan fingerprint density at radius 2 is 1.79 bits per heavy atom. The van der Waals surface area contributed by atoms with Crippen molar-refractivity contribution < 1.29 is 8.42 Å². The highest BCUT2D eigenvalue weighted by Crippen LogP contribution is 2.25. The maximum atomic E-state index is 12.3. The summed E-state index contributed by atoms with van der Waals surface area (Å²) in [5.74, 6) is 0.345. The van der Waals surface area contributed by atoms with E-state index in [4.69, 9.17) is 5.73 Å². The quantitative estimate of drug-likeness (QED) is 0.745. The molecule has 19 heavy (non-hydrogen) atoms. The van der Waals surface area contributed by atoms with Gasteiger partial charge < -0.3 is 5.73 Å². The number of anilines is 2. The van der Waals surface area contributed by atoms with Crippen molar-refractivity contribution in [2.75, 3.05) is 10.5 Å². The Hall–Kier alpha value is -2.02. The highest BCUT2D eigenvalue weighted by atomic mass is 32.2. The van der Waals surface area contributed by atoms with Crippen LogP contribution in [0.2, 0.25) is 0 Å². The average Bonchev–Trinajstić information content (AvgIpc) is 2.69. The molecule has 0 spiro atoms. The molecule has 0 bridgehead atoms. The maximum Gasteiger partial charge on any atom is 0.265 e. The molecule has 0 saturated carbocycles. The molecule has 0 aliphatic rings. The summed E-state index contributed by atoms with van der Waals surface area (Å²) < 4.78 is 27.0. The predicted molar refractivity (Wildman–Crippen MR) is 74.5 cm³/mol. The molecule has 1 aromatic carbocycles. The molecular formula is C12H16N4O2S. The minimum Gasteiger partial charge on any atom is -0.398 e. The third kappa shape index (κ3) is 2.55. The van der Waals surface area contributed by atoms with Crippen molar-refractivity contribution in [2.24, 2.45) is 0 Å². The number of aromatic nitrogens is 2. The van der Waals surface area contributed by atoms with Crippen molar-refractivity contribution in [3.8, 4) is 0 Å². The molecule has 0 fully saturated rings. The molecule has 0 atom stereocenters. The summed E-state index contributed by atoms with van der Waals surface area (Å²) in [4.78, 5) is 0.0737. The average molecular weight is 280 g/mol. The molecule has 1 heterocycles. The maximum absolute atomic E-state index is 12.3. The minimum atomic E-state index is -3.72. The molecule has 6 nitrogen and oxygen atoms in total. The first-order valence-electron chi connectivity index (χ1n) is 5.71. The van der Waals surface area contributed by atoms with Crippen LogP contribution in [-0.2, 0) is 10.0 Å². The molecule has 1 aromatic heterocycles. The summed E-state index contributed by atoms with van der Waals surface area (Å²) in [6, 6.07) is 3.22. The Kier molecular flexibility index (Phi) is 3.23. The van der Waals surface area contributed by atoms with E-state index in [1.807, 2.05) is 13.8 Å². The van der Waals surface area contributed by atoms with Crippen LogP contribution in [0.1, 0.15) is 16.7 Å². The van der Waals surface area contributed by atoms with E-state index < -0.39 is 10.0 Å². The van der Waals surface area contributed by atoms with E-state index in [9.17, 15) is 8.42 Å². The number of nitrogens with zero attached hydrogens (tertiary/aromatic N) is 1. The summed E-state index contributed by atoms with van der Waals surface area (Å²) in [7, 11) is -3.72. The van der Waals surface area contributed by atoms with Crippen molar-refractivity contribution >= 4 is 21.5 Å². The highest BCUT2D eigenvalue weighted by Gasteiger charge is 2.20. The van der Waals surface area contributed by atoms with Gasteiger partial charge in [0.1, 0.15) is 10.7 Å². The fourth-order valence-electron chi connectivity index (χ4n) is 1.68. The van der Waals surface area contributed by atoms with Crippen LogP contribution < -0.4 is 10.5 Å². The monoisotopic (exact) mass is 280 g/mol. The van der Waals surface area contributed by atoms with Gasteiger partial charge >= 0.3 is 0 Å². The molecule has 2 aromatic rings. The van der Waals surface area contributed by atoms with E-state index >= 15 is 0 Å². The molecule has 0 aliphatic carbocycles. The first-order valence-corrected chi connectivity index (χ1v) is 7.19. The third-order valence-electron chi connectivity index (χ3n) is 2.98. The van der Waals surface area contributed by atoms with Gasteiger partial charge in [-0.15, -0.1) is 0 Å². The lowest BCUT2D eigenvalue weighted by atomic mass is 10.1. The number of sulfonamides is 1. The van der Waals surface area contributed by atoms with Crippen LogP contribution in [0.5, 0.6) is 0 Å². The molecule has 0 saturated heterocycles. The molecule has 102 valence electrons. The van der Waals surface area contributed by atoms with Crippen LogP contribution >= 0.6 is 0 Å². The second-order valence-electron chi connectivity index (χ2n) is 4.51. The normalized spacial score (nSPS) is 11.5. The van der Waals surface area contributed by atoms with Gasteiger partial charge in [-0.05, 0) is 44.0 Å². The van der Waals surface area contributed by atoms with Crippen LogP contribution in [-0.4, -0.2) is 18.6 Å². The van der Waals surface area contributed by atoms with Crippen molar-refractivity contribution in [3.05, 3.63) is 35.0 Å². The Morgan fingerprint density at radius 1 is 1.16 bits per heavy atom. The standard InChI is InChI=1S/C12H16N4O2S/c1-7-4-10(13)11(5-8(7)2)19(17,18)16-12-9(3)6-14-15-12/h4-6H,13H2,1-3H3,(H2,14,15,16). The van der Waals surface area contributed by atoms with Crippen LogP contribution in [0.25, 0.3) is 0 Å². The highest BCUT2D eigenvalue weighted by molar-refractivity contribution is 7.92. The van der Waals surface area contributed by atoms with Gasteiger partial charge in [-0.2, -0.15) is 5.10 Å². The summed E-state index contributed by atoms with van der Waals surface area (Å²) >= 11 is 0. The van der Waals surface area contributed by atoms with Crippen LogP contribution in [0.4, 0.5) is 11.5 Å². The van der Waals surface area contributed by atoms with Crippen LogP contribution in [0.15, 0.2) is 23.2 Å². The van der Waals surface area contributed by atoms with Crippen molar-refractivity contribution in [3.63, 3.8) is 0 Å². The van der Waals surface area contributed by atoms with Crippen LogP contribution in [0, 0.1) is 20.8 Å². The Bertz CT molecular complexity index is 719. The van der Waals surface area contributed by atoms with Crippen LogP contribution in [0.3, 0.4) is 0 Å². The fraction of sp³-hybridized carbons (Fsp3) is 0.250. The second kappa shape index (κ2) is 4.58. The lowest BCUT2D eigenvalue weighted by Gasteiger charge is -2.11. The van der Waals surface area contributed by atoms with E-state index in [0.29, 0.717) is 11.4 Å². The number of nitrogens with two attached hydrogens (primary N) is 1. The number of nitrogens with one attached hydrogen (secondary N) is 2. The zero-order chi connectivity index (χ0) is 14.2. The molecule has 0 aliphatic heterocycles. The zero-order valence-corrected chi connectivity index (χ0v) is 11.8. The summed E-state index contributed by atoms with van der Waals surface area (Å²) in [6.07, 6.45) is 1.54. The van der Waals surface area contributed by atoms with E-state index in [1.54, 1.807) is 25.3 Å². The Morgan fingerprint density at radius 3 is 2.37 bits per heavy atom. The number of benzene rings is 1. The Balaban J connectivity index is 2.46. The van der Waals surface area contributed by atoms with E-state index in [0.717, 1.165) is 11.1 Å². The lowest BCUT2D eigenvalue weighted by molar-refractivity contribution is 0.601. The number of rotatable bonds is 3. The van der Waals surface area contributed by atoms with Crippen molar-refractivity contribution in [1.29, 1.82) is 0 Å². The molecule has 0 unspecified atom stereocenters. The van der Waals surface area contributed by atoms with Gasteiger partial charge in [0.05, 0.1) is 11.9 Å². The van der Waals surface area contributed by atoms with Crippen molar-refractivity contribution in [1.82, 2.24) is 10.2 Å². The van der Waals surface area contributed by atoms with E-state index in [1.165, 1.54) is 0 Å². The SMILES string of the molecule is Cc1cc(N)c(S(=O)(=O)Nc2[nH]ncc2C)cc1C. The fourth-order valence-corrected chi connectivity index (χ4v) is 2.97. The molecular weight excluding hydrogens is 264 g/mol. The molecule has 0 amide bonds. The number of aryl methyl sites for hydroxylation is 3. The largest absolute Gasteiger partial charge is 0.398 e. The molecule has 7 heteroatoms. The second-order valence-corrected chi connectivity index (χ2v) is 6.16. The van der Waals surface area contributed by atoms with Gasteiger partial charge in [0, 0.05) is 5.56 Å². The third-order valence-corrected chi connectivity index (χ3v) is 4.39. The number of nitrogen functional groups attached to an aromatic ring is 1. The topological polar surface area (TPSA) is 101 Å². The van der Waals surface area contributed by atoms with E-state index in [-0.39, 0.29) is 10.6 Å². The first-order chi connectivity index (χ1) is 8.81. The predicted octanol–water partition coefficient (Wildman–Crippen LogP) is 1.72. The molecule has 0 radical (unpaired) electrons. The smallest absolute Gasteiger partial charge is 0.265 e. The first kappa shape index (κ1) is 13.4. The minimum absolute atomic E-state index is 0.0737. The number of aromatic amines is 1. The van der Waals surface area contributed by atoms with Gasteiger partial charge in [0.2, 0.25) is 0 Å². The summed E-state index contributed by atoms with van der Waals surface area (Å²) in [5, 5.41) is 6.37.